The second-order valence-corrected chi connectivity index (χ2v) is 14.8. The highest BCUT2D eigenvalue weighted by molar-refractivity contribution is 6.12. The minimum atomic E-state index is -0.267. The Morgan fingerprint density at radius 2 is 0.970 bits per heavy atom. The molecule has 0 aliphatic rings. The van der Waals surface area contributed by atoms with Crippen molar-refractivity contribution in [3.8, 4) is 23.0 Å². The third-order valence-electron chi connectivity index (χ3n) is 10.6. The molecule has 0 bridgehead atoms. The van der Waals surface area contributed by atoms with Crippen LogP contribution in [-0.4, -0.2) is 46.0 Å². The van der Waals surface area contributed by atoms with Crippen LogP contribution in [-0.2, 0) is 0 Å². The van der Waals surface area contributed by atoms with Gasteiger partial charge in [-0.15, -0.1) is 0 Å². The Bertz CT molecular complexity index is 3530. The minimum Gasteiger partial charge on any atom is -0.493 e. The third kappa shape index (κ3) is 8.82. The van der Waals surface area contributed by atoms with Crippen LogP contribution in [0, 0.1) is 0 Å². The fraction of sp³-hybridized carbons (Fsp3) is 0.0385. The van der Waals surface area contributed by atoms with Crippen LogP contribution in [0.3, 0.4) is 0 Å². The number of carbonyl (C=O) groups excluding carboxylic acids is 2. The lowest BCUT2D eigenvalue weighted by Gasteiger charge is -2.14. The summed E-state index contributed by atoms with van der Waals surface area (Å²) in [7, 11) is 3.08. The highest BCUT2D eigenvalue weighted by atomic mass is 16.5. The normalized spacial score (nSPS) is 10.8. The molecule has 0 atom stereocenters. The molecule has 5 N–H and O–H groups in total. The molecule has 0 spiro atoms. The van der Waals surface area contributed by atoms with Gasteiger partial charge < -0.3 is 40.1 Å². The van der Waals surface area contributed by atoms with E-state index in [9.17, 15) is 19.2 Å². The number of amides is 2. The van der Waals surface area contributed by atoms with E-state index in [0.29, 0.717) is 73.0 Å². The molecule has 4 aromatic heterocycles. The standard InChI is InChI=1S/C27H22N4O4.C25H17N3O3/c1-34-22-14-19-20(15-23(22)35-2)27(33)31-25-24(19)21(12-13-28-25)29-17-8-10-18(11-9-17)30-26(32)16-6-4-3-5-7-16;29-24(16-6-2-1-3-7-16)27-17-10-12-18(13-11-17)31-21-14-15-26-23-22(21)19-8-4-5-9-20(19)25(30)28-23/h3-15H,1-2H3,(H,30,32)(H2,28,29,31,33);1-15H,(H,27,29)(H,26,28,30). The van der Waals surface area contributed by atoms with Crippen molar-refractivity contribution in [3.05, 3.63) is 202 Å². The molecule has 66 heavy (non-hydrogen) atoms. The molecule has 324 valence electrons. The maximum Gasteiger partial charge on any atom is 0.257 e. The number of hydrogen-bond donors (Lipinski definition) is 5. The predicted molar refractivity (Wildman–Crippen MR) is 258 cm³/mol. The van der Waals surface area contributed by atoms with Gasteiger partial charge in [0.2, 0.25) is 0 Å². The number of ether oxygens (including phenoxy) is 3. The average Bonchev–Trinajstić information content (AvgIpc) is 3.35. The van der Waals surface area contributed by atoms with Gasteiger partial charge in [0, 0.05) is 62.1 Å². The molecule has 4 heterocycles. The van der Waals surface area contributed by atoms with Gasteiger partial charge in [0.05, 0.1) is 30.7 Å². The number of aromatic amines is 2. The van der Waals surface area contributed by atoms with Crippen LogP contribution in [0.25, 0.3) is 43.6 Å². The Morgan fingerprint density at radius 3 is 1.56 bits per heavy atom. The number of nitrogens with zero attached hydrogens (tertiary/aromatic N) is 2. The number of aromatic nitrogens is 4. The van der Waals surface area contributed by atoms with Crippen molar-refractivity contribution in [1.29, 1.82) is 0 Å². The summed E-state index contributed by atoms with van der Waals surface area (Å²) in [5.74, 6) is 1.81. The minimum absolute atomic E-state index is 0.175. The van der Waals surface area contributed by atoms with E-state index < -0.39 is 0 Å². The number of rotatable bonds is 10. The quantitative estimate of drug-likeness (QED) is 0.0827. The topological polar surface area (TPSA) is 189 Å². The van der Waals surface area contributed by atoms with Crippen molar-refractivity contribution >= 4 is 78.2 Å². The van der Waals surface area contributed by atoms with E-state index in [1.54, 1.807) is 92.3 Å². The highest BCUT2D eigenvalue weighted by Gasteiger charge is 2.16. The van der Waals surface area contributed by atoms with Crippen molar-refractivity contribution in [3.63, 3.8) is 0 Å². The SMILES string of the molecule is COc1cc2c(=O)[nH]c3nccc(Nc4ccc(NC(=O)c5ccccc5)cc4)c3c2cc1OC.O=C(Nc1ccc(Oc2ccnc3[nH]c(=O)c4ccccc4c23)cc1)c1ccccc1. The first-order valence-corrected chi connectivity index (χ1v) is 20.6. The van der Waals surface area contributed by atoms with E-state index in [2.05, 4.69) is 35.9 Å². The fourth-order valence-electron chi connectivity index (χ4n) is 7.45. The number of H-pyrrole nitrogens is 2. The van der Waals surface area contributed by atoms with Crippen LogP contribution >= 0.6 is 0 Å². The van der Waals surface area contributed by atoms with E-state index in [0.717, 1.165) is 27.5 Å². The molecular weight excluding hydrogens is 835 g/mol. The van der Waals surface area contributed by atoms with Crippen molar-refractivity contribution < 1.29 is 23.8 Å². The molecule has 2 amide bonds. The summed E-state index contributed by atoms with van der Waals surface area (Å²) in [6, 6.07) is 46.9. The number of methoxy groups -OCH3 is 2. The summed E-state index contributed by atoms with van der Waals surface area (Å²) in [5.41, 5.74) is 4.53. The predicted octanol–water partition coefficient (Wildman–Crippen LogP) is 10.2. The van der Waals surface area contributed by atoms with E-state index in [4.69, 9.17) is 14.2 Å². The van der Waals surface area contributed by atoms with E-state index >= 15 is 0 Å². The first-order valence-electron chi connectivity index (χ1n) is 20.6. The molecule has 0 saturated carbocycles. The summed E-state index contributed by atoms with van der Waals surface area (Å²) in [6.07, 6.45) is 3.22. The van der Waals surface area contributed by atoms with E-state index in [1.807, 2.05) is 84.9 Å². The van der Waals surface area contributed by atoms with E-state index in [1.165, 1.54) is 7.11 Å². The van der Waals surface area contributed by atoms with Gasteiger partial charge in [-0.3, -0.25) is 19.2 Å². The summed E-state index contributed by atoms with van der Waals surface area (Å²) >= 11 is 0. The second-order valence-electron chi connectivity index (χ2n) is 14.8. The molecule has 6 aromatic carbocycles. The van der Waals surface area contributed by atoms with E-state index in [-0.39, 0.29) is 22.9 Å². The Morgan fingerprint density at radius 1 is 0.485 bits per heavy atom. The first-order chi connectivity index (χ1) is 32.3. The van der Waals surface area contributed by atoms with Gasteiger partial charge in [-0.2, -0.15) is 0 Å². The zero-order valence-electron chi connectivity index (χ0n) is 35.4. The molecule has 0 fully saturated rings. The summed E-state index contributed by atoms with van der Waals surface area (Å²) in [5, 5.41) is 13.1. The van der Waals surface area contributed by atoms with Crippen molar-refractivity contribution in [2.24, 2.45) is 0 Å². The van der Waals surface area contributed by atoms with Gasteiger partial charge in [0.1, 0.15) is 22.8 Å². The van der Waals surface area contributed by atoms with Crippen molar-refractivity contribution in [2.45, 2.75) is 0 Å². The molecule has 0 aliphatic heterocycles. The first kappa shape index (κ1) is 42.0. The number of carbonyl (C=O) groups is 2. The third-order valence-corrected chi connectivity index (χ3v) is 10.6. The van der Waals surface area contributed by atoms with Gasteiger partial charge in [-0.25, -0.2) is 9.97 Å². The lowest BCUT2D eigenvalue weighted by atomic mass is 10.1. The number of nitrogens with one attached hydrogen (secondary N) is 5. The number of anilines is 4. The molecule has 10 aromatic rings. The largest absolute Gasteiger partial charge is 0.493 e. The molecule has 0 unspecified atom stereocenters. The van der Waals surface area contributed by atoms with Crippen LogP contribution in [0.15, 0.2) is 180 Å². The van der Waals surface area contributed by atoms with Gasteiger partial charge in [-0.1, -0.05) is 54.6 Å². The Labute approximate surface area is 375 Å². The van der Waals surface area contributed by atoms with Crippen LogP contribution in [0.2, 0.25) is 0 Å². The smallest absolute Gasteiger partial charge is 0.257 e. The van der Waals surface area contributed by atoms with Crippen LogP contribution in [0.5, 0.6) is 23.0 Å². The second kappa shape index (κ2) is 18.6. The number of fused-ring (bicyclic) bond motifs is 6. The number of pyridine rings is 4. The summed E-state index contributed by atoms with van der Waals surface area (Å²) < 4.78 is 16.9. The van der Waals surface area contributed by atoms with Crippen LogP contribution in [0.4, 0.5) is 22.7 Å². The number of benzene rings is 6. The summed E-state index contributed by atoms with van der Waals surface area (Å²) in [6.45, 7) is 0. The molecule has 14 heteroatoms. The van der Waals surface area contributed by atoms with Gasteiger partial charge in [0.15, 0.2) is 11.5 Å². The fourth-order valence-corrected chi connectivity index (χ4v) is 7.45. The molecule has 14 nitrogen and oxygen atoms in total. The molecular formula is C52H39N7O7. The monoisotopic (exact) mass is 873 g/mol. The maximum atomic E-state index is 12.7. The molecule has 10 rings (SSSR count). The zero-order valence-corrected chi connectivity index (χ0v) is 35.4. The summed E-state index contributed by atoms with van der Waals surface area (Å²) in [4.78, 5) is 64.0. The van der Waals surface area contributed by atoms with Gasteiger partial charge >= 0.3 is 0 Å². The van der Waals surface area contributed by atoms with Gasteiger partial charge in [-0.05, 0) is 103 Å². The lowest BCUT2D eigenvalue weighted by molar-refractivity contribution is 0.101. The van der Waals surface area contributed by atoms with Crippen LogP contribution in [0.1, 0.15) is 20.7 Å². The maximum absolute atomic E-state index is 12.7. The van der Waals surface area contributed by atoms with Crippen LogP contribution < -0.4 is 41.3 Å². The Hall–Kier alpha value is -9.30. The molecule has 0 saturated heterocycles. The van der Waals surface area contributed by atoms with Crippen molar-refractivity contribution in [2.75, 3.05) is 30.2 Å². The number of hydrogen-bond acceptors (Lipinski definition) is 10. The molecule has 0 aliphatic carbocycles. The average molecular weight is 874 g/mol. The van der Waals surface area contributed by atoms with Gasteiger partial charge in [0.25, 0.3) is 22.9 Å². The lowest BCUT2D eigenvalue weighted by Crippen LogP contribution is -2.11. The Kier molecular flexibility index (Phi) is 11.8. The van der Waals surface area contributed by atoms with Crippen molar-refractivity contribution in [1.82, 2.24) is 19.9 Å². The Balaban J connectivity index is 0.000000167. The zero-order chi connectivity index (χ0) is 45.6. The highest BCUT2D eigenvalue weighted by Crippen LogP contribution is 2.37. The molecule has 0 radical (unpaired) electrons.